The molecule has 1 heteroatoms. The maximum atomic E-state index is 8.79. The molecule has 62 valence electrons. The highest BCUT2D eigenvalue weighted by Gasteiger charge is 2.04. The van der Waals surface area contributed by atoms with Gasteiger partial charge in [-0.3, -0.25) is 0 Å². The summed E-state index contributed by atoms with van der Waals surface area (Å²) in [4.78, 5) is 0. The second kappa shape index (κ2) is 4.96. The van der Waals surface area contributed by atoms with Crippen molar-refractivity contribution in [2.24, 2.45) is 5.92 Å². The molecule has 0 aromatic heterocycles. The summed E-state index contributed by atoms with van der Waals surface area (Å²) in [6, 6.07) is 2.27. The summed E-state index contributed by atoms with van der Waals surface area (Å²) in [5, 5.41) is 8.79. The summed E-state index contributed by atoms with van der Waals surface area (Å²) >= 11 is 0. The van der Waals surface area contributed by atoms with Crippen molar-refractivity contribution in [3.05, 3.63) is 11.1 Å². The second-order valence-electron chi connectivity index (χ2n) is 3.21. The predicted molar refractivity (Wildman–Crippen MR) is 48.1 cm³/mol. The van der Waals surface area contributed by atoms with Gasteiger partial charge in [0.1, 0.15) is 0 Å². The normalized spacial score (nSPS) is 12.7. The van der Waals surface area contributed by atoms with Crippen LogP contribution in [0.1, 0.15) is 40.5 Å². The van der Waals surface area contributed by atoms with Crippen molar-refractivity contribution < 1.29 is 0 Å². The smallest absolute Gasteiger partial charge is 0.0949 e. The minimum atomic E-state index is 0.381. The van der Waals surface area contributed by atoms with Crippen LogP contribution >= 0.6 is 0 Å². The summed E-state index contributed by atoms with van der Waals surface area (Å²) in [5.74, 6) is 0.381. The molecule has 0 aliphatic heterocycles. The van der Waals surface area contributed by atoms with Gasteiger partial charge in [-0.25, -0.2) is 0 Å². The van der Waals surface area contributed by atoms with E-state index in [-0.39, 0.29) is 0 Å². The van der Waals surface area contributed by atoms with Gasteiger partial charge in [-0.1, -0.05) is 32.8 Å². The Morgan fingerprint density at radius 1 is 1.45 bits per heavy atom. The molecular weight excluding hydrogens is 134 g/mol. The van der Waals surface area contributed by atoms with Crippen LogP contribution in [0.25, 0.3) is 0 Å². The van der Waals surface area contributed by atoms with E-state index in [0.29, 0.717) is 5.92 Å². The first-order valence-corrected chi connectivity index (χ1v) is 4.23. The zero-order valence-corrected chi connectivity index (χ0v) is 7.94. The Morgan fingerprint density at radius 3 is 2.27 bits per heavy atom. The Bertz CT molecular complexity index is 182. The van der Waals surface area contributed by atoms with Gasteiger partial charge in [0.25, 0.3) is 0 Å². The van der Waals surface area contributed by atoms with Crippen LogP contribution in [0, 0.1) is 17.2 Å². The Kier molecular flexibility index (Phi) is 4.61. The summed E-state index contributed by atoms with van der Waals surface area (Å²) in [6.45, 7) is 8.33. The molecule has 1 nitrogen and oxygen atoms in total. The lowest BCUT2D eigenvalue weighted by atomic mass is 9.97. The van der Waals surface area contributed by atoms with Crippen molar-refractivity contribution in [3.63, 3.8) is 0 Å². The van der Waals surface area contributed by atoms with Crippen LogP contribution in [-0.4, -0.2) is 0 Å². The molecule has 11 heavy (non-hydrogen) atoms. The van der Waals surface area contributed by atoms with Crippen LogP contribution in [0.2, 0.25) is 0 Å². The van der Waals surface area contributed by atoms with Crippen LogP contribution in [0.15, 0.2) is 11.1 Å². The number of nitrogens with zero attached hydrogens (tertiary/aromatic N) is 1. The molecule has 0 fully saturated rings. The molecule has 0 amide bonds. The molecular formula is C10H17N. The number of nitriles is 1. The minimum Gasteiger partial charge on any atom is -0.193 e. The lowest BCUT2D eigenvalue weighted by Gasteiger charge is -2.06. The van der Waals surface area contributed by atoms with Gasteiger partial charge in [-0.15, -0.1) is 0 Å². The van der Waals surface area contributed by atoms with Gasteiger partial charge in [0, 0.05) is 5.57 Å². The van der Waals surface area contributed by atoms with E-state index in [0.717, 1.165) is 18.4 Å². The van der Waals surface area contributed by atoms with E-state index in [1.54, 1.807) is 0 Å². The fraction of sp³-hybridized carbons (Fsp3) is 0.700. The van der Waals surface area contributed by atoms with Gasteiger partial charge in [0.15, 0.2) is 0 Å². The third-order valence-electron chi connectivity index (χ3n) is 1.78. The van der Waals surface area contributed by atoms with E-state index in [1.807, 2.05) is 0 Å². The minimum absolute atomic E-state index is 0.381. The van der Waals surface area contributed by atoms with Gasteiger partial charge in [0.2, 0.25) is 0 Å². The second-order valence-corrected chi connectivity index (χ2v) is 3.21. The summed E-state index contributed by atoms with van der Waals surface area (Å²) in [6.07, 6.45) is 2.19. The maximum Gasteiger partial charge on any atom is 0.0949 e. The molecule has 0 N–H and O–H groups in total. The fourth-order valence-electron chi connectivity index (χ4n) is 1.23. The van der Waals surface area contributed by atoms with Crippen LogP contribution in [0.3, 0.4) is 0 Å². The molecule has 0 unspecified atom stereocenters. The third-order valence-corrected chi connectivity index (χ3v) is 1.78. The molecule has 0 aromatic rings. The molecule has 0 spiro atoms. The number of hydrogen-bond acceptors (Lipinski definition) is 1. The standard InChI is InChI=1S/C10H17N/c1-5-6-9(4)10(7-11)8(2)3/h8H,5-6H2,1-4H3/b10-9+. The first-order chi connectivity index (χ1) is 5.13. The monoisotopic (exact) mass is 151 g/mol. The molecule has 0 aliphatic carbocycles. The van der Waals surface area contributed by atoms with Gasteiger partial charge in [-0.05, 0) is 19.3 Å². The quantitative estimate of drug-likeness (QED) is 0.568. The van der Waals surface area contributed by atoms with Crippen LogP contribution in [0.5, 0.6) is 0 Å². The average Bonchev–Trinajstić information content (AvgIpc) is 1.88. The van der Waals surface area contributed by atoms with E-state index in [4.69, 9.17) is 5.26 Å². The van der Waals surface area contributed by atoms with Gasteiger partial charge in [-0.2, -0.15) is 5.26 Å². The molecule has 0 radical (unpaired) electrons. The average molecular weight is 151 g/mol. The SMILES string of the molecule is CCC/C(C)=C(\C#N)C(C)C. The largest absolute Gasteiger partial charge is 0.193 e. The Balaban J connectivity index is 4.44. The summed E-state index contributed by atoms with van der Waals surface area (Å²) in [5.41, 5.74) is 2.22. The highest BCUT2D eigenvalue weighted by Crippen LogP contribution is 2.17. The van der Waals surface area contributed by atoms with Crippen molar-refractivity contribution >= 4 is 0 Å². The first-order valence-electron chi connectivity index (χ1n) is 4.23. The number of rotatable bonds is 3. The molecule has 0 aromatic carbocycles. The van der Waals surface area contributed by atoms with Gasteiger partial charge in [0.05, 0.1) is 6.07 Å². The van der Waals surface area contributed by atoms with E-state index in [2.05, 4.69) is 33.8 Å². The highest BCUT2D eigenvalue weighted by molar-refractivity contribution is 5.28. The van der Waals surface area contributed by atoms with Crippen molar-refractivity contribution in [3.8, 4) is 6.07 Å². The predicted octanol–water partition coefficient (Wildman–Crippen LogP) is 3.28. The first kappa shape index (κ1) is 10.2. The fourth-order valence-corrected chi connectivity index (χ4v) is 1.23. The third kappa shape index (κ3) is 3.23. The molecule has 0 atom stereocenters. The van der Waals surface area contributed by atoms with Crippen LogP contribution in [0.4, 0.5) is 0 Å². The summed E-state index contributed by atoms with van der Waals surface area (Å²) < 4.78 is 0. The van der Waals surface area contributed by atoms with Crippen molar-refractivity contribution in [2.75, 3.05) is 0 Å². The maximum absolute atomic E-state index is 8.79. The summed E-state index contributed by atoms with van der Waals surface area (Å²) in [7, 11) is 0. The van der Waals surface area contributed by atoms with Crippen molar-refractivity contribution in [1.82, 2.24) is 0 Å². The van der Waals surface area contributed by atoms with Crippen molar-refractivity contribution in [2.45, 2.75) is 40.5 Å². The lowest BCUT2D eigenvalue weighted by Crippen LogP contribution is -1.95. The van der Waals surface area contributed by atoms with Gasteiger partial charge < -0.3 is 0 Å². The molecule has 0 aliphatic rings. The van der Waals surface area contributed by atoms with Crippen LogP contribution < -0.4 is 0 Å². The van der Waals surface area contributed by atoms with E-state index < -0.39 is 0 Å². The van der Waals surface area contributed by atoms with E-state index in [1.165, 1.54) is 5.57 Å². The van der Waals surface area contributed by atoms with Gasteiger partial charge >= 0.3 is 0 Å². The molecule has 0 heterocycles. The lowest BCUT2D eigenvalue weighted by molar-refractivity contribution is 0.763. The number of allylic oxidation sites excluding steroid dienone is 2. The molecule has 0 saturated carbocycles. The topological polar surface area (TPSA) is 23.8 Å². The zero-order chi connectivity index (χ0) is 8.85. The Morgan fingerprint density at radius 2 is 2.00 bits per heavy atom. The Labute approximate surface area is 69.7 Å². The number of hydrogen-bond donors (Lipinski definition) is 0. The highest BCUT2D eigenvalue weighted by atomic mass is 14.3. The van der Waals surface area contributed by atoms with Crippen molar-refractivity contribution in [1.29, 1.82) is 5.26 Å². The molecule has 0 rings (SSSR count). The van der Waals surface area contributed by atoms with Crippen LogP contribution in [-0.2, 0) is 0 Å². The Hall–Kier alpha value is -0.770. The molecule has 0 saturated heterocycles. The molecule has 0 bridgehead atoms. The zero-order valence-electron chi connectivity index (χ0n) is 7.94. The van der Waals surface area contributed by atoms with E-state index in [9.17, 15) is 0 Å². The van der Waals surface area contributed by atoms with E-state index >= 15 is 0 Å².